The topological polar surface area (TPSA) is 94.7 Å². The number of hydrogen-bond donors (Lipinski definition) is 0. The van der Waals surface area contributed by atoms with Crippen LogP contribution in [0.2, 0.25) is 0 Å². The summed E-state index contributed by atoms with van der Waals surface area (Å²) in [5, 5.41) is 1.50. The Bertz CT molecular complexity index is 1740. The van der Waals surface area contributed by atoms with Crippen LogP contribution in [-0.4, -0.2) is 58.5 Å². The first kappa shape index (κ1) is 30.7. The van der Waals surface area contributed by atoms with E-state index in [0.29, 0.717) is 61.5 Å². The van der Waals surface area contributed by atoms with Crippen LogP contribution in [0.25, 0.3) is 21.8 Å². The van der Waals surface area contributed by atoms with Gasteiger partial charge in [0.2, 0.25) is 5.95 Å². The van der Waals surface area contributed by atoms with Crippen molar-refractivity contribution in [3.05, 3.63) is 56.7 Å². The van der Waals surface area contributed by atoms with Crippen LogP contribution in [0.3, 0.4) is 0 Å². The molecule has 6 rings (SSSR count). The summed E-state index contributed by atoms with van der Waals surface area (Å²) in [5.74, 6) is 2.96. The molecule has 0 radical (unpaired) electrons. The maximum absolute atomic E-state index is 13.6. The lowest BCUT2D eigenvalue weighted by atomic mass is 10.0. The summed E-state index contributed by atoms with van der Waals surface area (Å²) in [6.45, 7) is 10.1. The van der Waals surface area contributed by atoms with Gasteiger partial charge in [0, 0.05) is 50.7 Å². The van der Waals surface area contributed by atoms with E-state index in [1.165, 1.54) is 11.0 Å². The fourth-order valence-electron chi connectivity index (χ4n) is 6.37. The summed E-state index contributed by atoms with van der Waals surface area (Å²) in [5.41, 5.74) is 2.01. The maximum Gasteiger partial charge on any atom is 0.331 e. The molecule has 10 nitrogen and oxygen atoms in total. The normalized spacial score (nSPS) is 16.0. The van der Waals surface area contributed by atoms with E-state index >= 15 is 0 Å². The van der Waals surface area contributed by atoms with Gasteiger partial charge in [-0.2, -0.15) is 4.98 Å². The summed E-state index contributed by atoms with van der Waals surface area (Å²) >= 11 is 0. The number of hydrogen-bond acceptors (Lipinski definition) is 8. The molecule has 0 unspecified atom stereocenters. The standard InChI is InChI=1S/C32H40N6O4.ClH/c1-5-41-27-19-23-25(20-28(27)42-6-2)33-31(37-14-8-7-9-15-37)34-29(23)36-16-12-22(13-17-36)38-30(39)24-18-21(3)10-11-26(24)35(4)32(38)40;/h10-11,18-20,22H,5-9,12-17H2,1-4H3;1H. The van der Waals surface area contributed by atoms with E-state index in [0.717, 1.165) is 54.2 Å². The molecule has 0 atom stereocenters. The molecule has 0 aliphatic carbocycles. The molecule has 0 saturated carbocycles. The molecule has 4 heterocycles. The average molecular weight is 609 g/mol. The second kappa shape index (κ2) is 12.8. The largest absolute Gasteiger partial charge is 0.490 e. The Morgan fingerprint density at radius 3 is 2.19 bits per heavy atom. The Hall–Kier alpha value is -3.79. The fraction of sp³-hybridized carbons (Fsp3) is 0.500. The Morgan fingerprint density at radius 1 is 0.837 bits per heavy atom. The SMILES string of the molecule is CCOc1cc2nc(N3CCCCC3)nc(N3CCC(n4c(=O)c5cc(C)ccc5n(C)c4=O)CC3)c2cc1OCC.Cl. The molecule has 11 heteroatoms. The third-order valence-corrected chi connectivity index (χ3v) is 8.55. The lowest BCUT2D eigenvalue weighted by molar-refractivity contribution is 0.288. The summed E-state index contributed by atoms with van der Waals surface area (Å²) in [4.78, 5) is 41.6. The van der Waals surface area contributed by atoms with Gasteiger partial charge in [0.1, 0.15) is 5.82 Å². The van der Waals surface area contributed by atoms with Gasteiger partial charge in [0.15, 0.2) is 11.5 Å². The zero-order valence-corrected chi connectivity index (χ0v) is 26.3. The van der Waals surface area contributed by atoms with Gasteiger partial charge in [0.25, 0.3) is 5.56 Å². The molecule has 0 amide bonds. The number of ether oxygens (including phenoxy) is 2. The van der Waals surface area contributed by atoms with Crippen LogP contribution < -0.4 is 30.5 Å². The van der Waals surface area contributed by atoms with Gasteiger partial charge in [0.05, 0.1) is 29.6 Å². The van der Waals surface area contributed by atoms with E-state index in [2.05, 4.69) is 9.80 Å². The van der Waals surface area contributed by atoms with E-state index < -0.39 is 0 Å². The second-order valence-corrected chi connectivity index (χ2v) is 11.3. The van der Waals surface area contributed by atoms with Crippen molar-refractivity contribution in [1.82, 2.24) is 19.1 Å². The molecule has 2 aromatic heterocycles. The molecule has 2 aromatic carbocycles. The maximum atomic E-state index is 13.6. The van der Waals surface area contributed by atoms with E-state index in [4.69, 9.17) is 19.4 Å². The third-order valence-electron chi connectivity index (χ3n) is 8.55. The van der Waals surface area contributed by atoms with Crippen LogP contribution in [0.15, 0.2) is 39.9 Å². The second-order valence-electron chi connectivity index (χ2n) is 11.3. The first-order valence-electron chi connectivity index (χ1n) is 15.2. The van der Waals surface area contributed by atoms with Gasteiger partial charge >= 0.3 is 5.69 Å². The van der Waals surface area contributed by atoms with E-state index in [1.807, 2.05) is 51.1 Å². The number of anilines is 2. The highest BCUT2D eigenvalue weighted by atomic mass is 35.5. The fourth-order valence-corrected chi connectivity index (χ4v) is 6.37. The van der Waals surface area contributed by atoms with Crippen LogP contribution in [0, 0.1) is 6.92 Å². The zero-order valence-electron chi connectivity index (χ0n) is 25.5. The van der Waals surface area contributed by atoms with Crippen molar-refractivity contribution in [1.29, 1.82) is 0 Å². The predicted molar refractivity (Wildman–Crippen MR) is 174 cm³/mol. The minimum absolute atomic E-state index is 0. The summed E-state index contributed by atoms with van der Waals surface area (Å²) < 4.78 is 14.9. The molecule has 2 aliphatic rings. The average Bonchev–Trinajstić information content (AvgIpc) is 3.01. The van der Waals surface area contributed by atoms with Crippen LogP contribution >= 0.6 is 12.4 Å². The Labute approximate surface area is 257 Å². The number of nitrogens with zero attached hydrogens (tertiary/aromatic N) is 6. The monoisotopic (exact) mass is 608 g/mol. The number of rotatable bonds is 7. The number of aromatic nitrogens is 4. The summed E-state index contributed by atoms with van der Waals surface area (Å²) in [7, 11) is 1.74. The molecular weight excluding hydrogens is 568 g/mol. The van der Waals surface area contributed by atoms with Crippen molar-refractivity contribution in [3.63, 3.8) is 0 Å². The number of piperidine rings is 2. The molecule has 0 N–H and O–H groups in total. The minimum atomic E-state index is -0.264. The van der Waals surface area contributed by atoms with Crippen molar-refractivity contribution >= 4 is 46.0 Å². The molecule has 4 aromatic rings. The lowest BCUT2D eigenvalue weighted by Crippen LogP contribution is -2.45. The van der Waals surface area contributed by atoms with E-state index in [9.17, 15) is 9.59 Å². The zero-order chi connectivity index (χ0) is 29.4. The number of halogens is 1. The highest BCUT2D eigenvalue weighted by Crippen LogP contribution is 2.38. The van der Waals surface area contributed by atoms with Crippen LogP contribution in [0.5, 0.6) is 11.5 Å². The first-order valence-corrected chi connectivity index (χ1v) is 15.2. The Kier molecular flexibility index (Phi) is 9.15. The molecule has 230 valence electrons. The molecule has 2 fully saturated rings. The van der Waals surface area contributed by atoms with Gasteiger partial charge < -0.3 is 19.3 Å². The summed E-state index contributed by atoms with van der Waals surface area (Å²) in [6.07, 6.45) is 4.80. The Morgan fingerprint density at radius 2 is 1.51 bits per heavy atom. The first-order chi connectivity index (χ1) is 20.4. The third kappa shape index (κ3) is 5.77. The van der Waals surface area contributed by atoms with Crippen molar-refractivity contribution in [3.8, 4) is 11.5 Å². The number of benzene rings is 2. The number of aryl methyl sites for hydroxylation is 2. The van der Waals surface area contributed by atoms with Gasteiger partial charge in [-0.25, -0.2) is 9.78 Å². The molecule has 2 saturated heterocycles. The smallest absolute Gasteiger partial charge is 0.331 e. The predicted octanol–water partition coefficient (Wildman–Crippen LogP) is 5.00. The molecule has 2 aliphatic heterocycles. The van der Waals surface area contributed by atoms with Gasteiger partial charge in [-0.3, -0.25) is 13.9 Å². The summed E-state index contributed by atoms with van der Waals surface area (Å²) in [6, 6.07) is 9.45. The molecule has 0 bridgehead atoms. The van der Waals surface area contributed by atoms with Crippen LogP contribution in [0.4, 0.5) is 11.8 Å². The van der Waals surface area contributed by atoms with Crippen molar-refractivity contribution in [2.75, 3.05) is 49.2 Å². The van der Waals surface area contributed by atoms with Gasteiger partial charge in [-0.1, -0.05) is 11.6 Å². The van der Waals surface area contributed by atoms with Crippen molar-refractivity contribution in [2.24, 2.45) is 7.05 Å². The highest BCUT2D eigenvalue weighted by Gasteiger charge is 2.28. The van der Waals surface area contributed by atoms with E-state index in [-0.39, 0.29) is 29.7 Å². The quantitative estimate of drug-likeness (QED) is 0.289. The molecule has 43 heavy (non-hydrogen) atoms. The molecular formula is C32H41ClN6O4. The minimum Gasteiger partial charge on any atom is -0.490 e. The van der Waals surface area contributed by atoms with Gasteiger partial charge in [-0.05, 0) is 71.1 Å². The van der Waals surface area contributed by atoms with E-state index in [1.54, 1.807) is 11.6 Å². The lowest BCUT2D eigenvalue weighted by Gasteiger charge is -2.35. The number of fused-ring (bicyclic) bond motifs is 2. The molecule has 0 spiro atoms. The van der Waals surface area contributed by atoms with Crippen molar-refractivity contribution in [2.45, 2.75) is 58.9 Å². The highest BCUT2D eigenvalue weighted by molar-refractivity contribution is 5.93. The van der Waals surface area contributed by atoms with Crippen LogP contribution in [0.1, 0.15) is 57.6 Å². The van der Waals surface area contributed by atoms with Crippen LogP contribution in [-0.2, 0) is 7.05 Å². The Balaban J connectivity index is 0.00000368. The van der Waals surface area contributed by atoms with Crippen molar-refractivity contribution < 1.29 is 9.47 Å². The van der Waals surface area contributed by atoms with Gasteiger partial charge in [-0.15, -0.1) is 12.4 Å².